The predicted molar refractivity (Wildman–Crippen MR) is 75.1 cm³/mol. The van der Waals surface area contributed by atoms with E-state index in [2.05, 4.69) is 26.0 Å². The van der Waals surface area contributed by atoms with Gasteiger partial charge in [-0.3, -0.25) is 10.1 Å². The van der Waals surface area contributed by atoms with Crippen molar-refractivity contribution in [1.29, 1.82) is 10.5 Å². The Morgan fingerprint density at radius 2 is 2.10 bits per heavy atom. The summed E-state index contributed by atoms with van der Waals surface area (Å²) in [5.41, 5.74) is -0.606. The van der Waals surface area contributed by atoms with Gasteiger partial charge in [-0.15, -0.1) is 0 Å². The van der Waals surface area contributed by atoms with Gasteiger partial charge in [-0.05, 0) is 22.0 Å². The first kappa shape index (κ1) is 16.1. The van der Waals surface area contributed by atoms with Crippen LogP contribution < -0.4 is 5.32 Å². The molecule has 9 heteroatoms. The Morgan fingerprint density at radius 3 is 2.57 bits per heavy atom. The van der Waals surface area contributed by atoms with Crippen molar-refractivity contribution in [3.05, 3.63) is 44.1 Å². The number of nitrogens with zero attached hydrogens (tertiary/aromatic N) is 3. The van der Waals surface area contributed by atoms with Crippen molar-refractivity contribution in [1.82, 2.24) is 0 Å². The summed E-state index contributed by atoms with van der Waals surface area (Å²) < 4.78 is 4.77. The number of carbonyl (C=O) groups is 1. The third kappa shape index (κ3) is 3.78. The van der Waals surface area contributed by atoms with Gasteiger partial charge in [0.15, 0.2) is 0 Å². The van der Waals surface area contributed by atoms with Crippen molar-refractivity contribution in [3.63, 3.8) is 0 Å². The molecule has 1 aromatic carbocycles. The molecule has 0 amide bonds. The number of carbonyl (C=O) groups excluding carboxylic acids is 1. The first-order valence-electron chi connectivity index (χ1n) is 5.27. The minimum absolute atomic E-state index is 0.195. The van der Waals surface area contributed by atoms with Crippen molar-refractivity contribution < 1.29 is 14.5 Å². The maximum Gasteiger partial charge on any atom is 0.344 e. The molecule has 0 radical (unpaired) electrons. The van der Waals surface area contributed by atoms with Crippen LogP contribution in [-0.2, 0) is 4.74 Å². The Labute approximate surface area is 127 Å². The van der Waals surface area contributed by atoms with Crippen molar-refractivity contribution in [3.8, 4) is 12.1 Å². The lowest BCUT2D eigenvalue weighted by molar-refractivity contribution is -0.385. The molecule has 8 nitrogen and oxygen atoms in total. The van der Waals surface area contributed by atoms with Crippen LogP contribution in [0.1, 0.15) is 10.4 Å². The third-order valence-corrected chi connectivity index (χ3v) is 2.96. The summed E-state index contributed by atoms with van der Waals surface area (Å²) in [6.07, 6.45) is 1.12. The monoisotopic (exact) mass is 350 g/mol. The lowest BCUT2D eigenvalue weighted by Gasteiger charge is -2.07. The van der Waals surface area contributed by atoms with E-state index >= 15 is 0 Å². The summed E-state index contributed by atoms with van der Waals surface area (Å²) in [4.78, 5) is 21.8. The molecule has 0 atom stereocenters. The molecule has 0 aliphatic rings. The van der Waals surface area contributed by atoms with Gasteiger partial charge in [-0.2, -0.15) is 10.5 Å². The van der Waals surface area contributed by atoms with E-state index in [4.69, 9.17) is 10.5 Å². The number of rotatable bonds is 4. The fourth-order valence-corrected chi connectivity index (χ4v) is 1.78. The van der Waals surface area contributed by atoms with Crippen molar-refractivity contribution >= 4 is 33.3 Å². The number of ether oxygens (including phenoxy) is 1. The van der Waals surface area contributed by atoms with E-state index in [1.54, 1.807) is 12.1 Å². The zero-order valence-corrected chi connectivity index (χ0v) is 12.2. The van der Waals surface area contributed by atoms with Crippen LogP contribution in [0.2, 0.25) is 0 Å². The highest BCUT2D eigenvalue weighted by Gasteiger charge is 2.23. The number of hydrogen-bond donors (Lipinski definition) is 1. The van der Waals surface area contributed by atoms with Crippen LogP contribution in [0.15, 0.2) is 28.4 Å². The maximum atomic E-state index is 11.6. The van der Waals surface area contributed by atoms with Crippen LogP contribution in [0.4, 0.5) is 11.4 Å². The lowest BCUT2D eigenvalue weighted by Crippen LogP contribution is -2.07. The Kier molecular flexibility index (Phi) is 5.40. The molecule has 0 spiro atoms. The highest BCUT2D eigenvalue weighted by Crippen LogP contribution is 2.31. The number of methoxy groups -OCH3 is 1. The molecule has 0 aliphatic heterocycles. The van der Waals surface area contributed by atoms with Crippen molar-refractivity contribution in [2.75, 3.05) is 12.4 Å². The Bertz CT molecular complexity index is 699. The second-order valence-electron chi connectivity index (χ2n) is 3.52. The third-order valence-electron chi connectivity index (χ3n) is 2.30. The van der Waals surface area contributed by atoms with Gasteiger partial charge >= 0.3 is 5.97 Å². The molecular weight excluding hydrogens is 344 g/mol. The number of halogens is 1. The van der Waals surface area contributed by atoms with Crippen LogP contribution in [-0.4, -0.2) is 18.0 Å². The summed E-state index contributed by atoms with van der Waals surface area (Å²) in [6.45, 7) is 0. The fraction of sp³-hybridized carbons (Fsp3) is 0.0833. The quantitative estimate of drug-likeness (QED) is 0.382. The molecule has 106 valence electrons. The number of allylic oxidation sites excluding steroid dienone is 1. The number of benzene rings is 1. The molecule has 0 saturated carbocycles. The number of hydrogen-bond acceptors (Lipinski definition) is 7. The largest absolute Gasteiger partial charge is 0.465 e. The standard InChI is InChI=1S/C12H7BrN4O4/c1-21-12(18)8-2-10(16-6-7(4-14)5-15)9(13)3-11(8)17(19)20/h2-3,6,16H,1H3. The summed E-state index contributed by atoms with van der Waals surface area (Å²) in [6, 6.07) is 5.60. The summed E-state index contributed by atoms with van der Waals surface area (Å²) >= 11 is 3.10. The molecule has 0 saturated heterocycles. The molecule has 1 aromatic rings. The number of esters is 1. The van der Waals surface area contributed by atoms with E-state index in [0.29, 0.717) is 0 Å². The number of anilines is 1. The summed E-state index contributed by atoms with van der Waals surface area (Å²) in [5, 5.41) is 30.8. The molecule has 0 unspecified atom stereocenters. The second kappa shape index (κ2) is 7.03. The van der Waals surface area contributed by atoms with Gasteiger partial charge in [-0.25, -0.2) is 4.79 Å². The van der Waals surface area contributed by atoms with Gasteiger partial charge in [0.1, 0.15) is 23.3 Å². The molecular formula is C12H7BrN4O4. The van der Waals surface area contributed by atoms with E-state index in [-0.39, 0.29) is 21.3 Å². The van der Waals surface area contributed by atoms with Gasteiger partial charge in [0, 0.05) is 16.7 Å². The predicted octanol–water partition coefficient (Wildman–Crippen LogP) is 2.49. The van der Waals surface area contributed by atoms with Gasteiger partial charge in [-0.1, -0.05) is 0 Å². The lowest BCUT2D eigenvalue weighted by atomic mass is 10.1. The molecule has 0 aromatic heterocycles. The van der Waals surface area contributed by atoms with Crippen LogP contribution in [0.25, 0.3) is 0 Å². The normalized spacial score (nSPS) is 8.95. The Morgan fingerprint density at radius 1 is 1.48 bits per heavy atom. The fourth-order valence-electron chi connectivity index (χ4n) is 1.34. The smallest absolute Gasteiger partial charge is 0.344 e. The zero-order valence-electron chi connectivity index (χ0n) is 10.6. The molecule has 21 heavy (non-hydrogen) atoms. The minimum Gasteiger partial charge on any atom is -0.465 e. The first-order valence-corrected chi connectivity index (χ1v) is 6.07. The van der Waals surface area contributed by atoms with Gasteiger partial charge in [0.05, 0.1) is 17.7 Å². The van der Waals surface area contributed by atoms with Crippen LogP contribution in [0, 0.1) is 32.8 Å². The molecule has 1 N–H and O–H groups in total. The van der Waals surface area contributed by atoms with Crippen LogP contribution >= 0.6 is 15.9 Å². The van der Waals surface area contributed by atoms with Crippen molar-refractivity contribution in [2.45, 2.75) is 0 Å². The van der Waals surface area contributed by atoms with E-state index < -0.39 is 16.6 Å². The molecule has 0 heterocycles. The average molecular weight is 351 g/mol. The van der Waals surface area contributed by atoms with E-state index in [0.717, 1.165) is 19.4 Å². The van der Waals surface area contributed by atoms with E-state index in [9.17, 15) is 14.9 Å². The zero-order chi connectivity index (χ0) is 16.0. The number of nitro benzene ring substituents is 1. The van der Waals surface area contributed by atoms with Crippen LogP contribution in [0.3, 0.4) is 0 Å². The molecule has 0 bridgehead atoms. The number of nitrogens with one attached hydrogen (secondary N) is 1. The van der Waals surface area contributed by atoms with Crippen molar-refractivity contribution in [2.24, 2.45) is 0 Å². The Balaban J connectivity index is 3.34. The Hall–Kier alpha value is -2.91. The topological polar surface area (TPSA) is 129 Å². The summed E-state index contributed by atoms with van der Waals surface area (Å²) in [5.74, 6) is -0.873. The van der Waals surface area contributed by atoms with Gasteiger partial charge in [0.25, 0.3) is 5.69 Å². The SMILES string of the molecule is COC(=O)c1cc(NC=C(C#N)C#N)c(Br)cc1[N+](=O)[O-]. The van der Waals surface area contributed by atoms with E-state index in [1.807, 2.05) is 0 Å². The first-order chi connectivity index (χ1) is 9.94. The average Bonchev–Trinajstić information content (AvgIpc) is 2.48. The highest BCUT2D eigenvalue weighted by atomic mass is 79.9. The molecule has 1 rings (SSSR count). The number of nitro groups is 1. The second-order valence-corrected chi connectivity index (χ2v) is 4.38. The molecule has 0 aliphatic carbocycles. The maximum absolute atomic E-state index is 11.6. The van der Waals surface area contributed by atoms with Crippen LogP contribution in [0.5, 0.6) is 0 Å². The van der Waals surface area contributed by atoms with Gasteiger partial charge in [0.2, 0.25) is 0 Å². The summed E-state index contributed by atoms with van der Waals surface area (Å²) in [7, 11) is 1.10. The van der Waals surface area contributed by atoms with E-state index in [1.165, 1.54) is 6.07 Å². The number of nitriles is 2. The minimum atomic E-state index is -0.873. The highest BCUT2D eigenvalue weighted by molar-refractivity contribution is 9.10. The van der Waals surface area contributed by atoms with Gasteiger partial charge < -0.3 is 10.1 Å². The molecule has 0 fully saturated rings.